The Bertz CT molecular complexity index is 1580. The number of halogens is 2. The molecule has 4 nitrogen and oxygen atoms in total. The number of hydrogen-bond donors (Lipinski definition) is 3. The number of aromatic amines is 1. The Morgan fingerprint density at radius 2 is 1.67 bits per heavy atom. The van der Waals surface area contributed by atoms with Crippen LogP contribution in [-0.4, -0.2) is 17.4 Å². The lowest BCUT2D eigenvalue weighted by molar-refractivity contribution is -0.692. The van der Waals surface area contributed by atoms with Crippen molar-refractivity contribution in [2.45, 2.75) is 12.0 Å². The van der Waals surface area contributed by atoms with Gasteiger partial charge in [-0.2, -0.15) is 0 Å². The number of fused-ring (bicyclic) bond motifs is 3. The van der Waals surface area contributed by atoms with Crippen LogP contribution in [0.15, 0.2) is 97.1 Å². The molecule has 1 aliphatic heterocycles. The summed E-state index contributed by atoms with van der Waals surface area (Å²) in [6, 6.07) is 31.6. The quantitative estimate of drug-likeness (QED) is 0.252. The topological polar surface area (TPSA) is 61.5 Å². The maximum absolute atomic E-state index is 12.8. The molecule has 2 atom stereocenters. The number of H-pyrrole nitrogens is 1. The molecule has 2 heterocycles. The highest BCUT2D eigenvalue weighted by Gasteiger charge is 2.36. The van der Waals surface area contributed by atoms with Crippen LogP contribution in [0.5, 0.6) is 0 Å². The fourth-order valence-corrected chi connectivity index (χ4v) is 5.66. The maximum Gasteiger partial charge on any atom is 0.255 e. The molecule has 1 aliphatic rings. The largest absolute Gasteiger partial charge is 0.353 e. The third-order valence-electron chi connectivity index (χ3n) is 6.93. The molecule has 0 fully saturated rings. The molecule has 4 N–H and O–H groups in total. The molecule has 6 rings (SSSR count). The highest BCUT2D eigenvalue weighted by Crippen LogP contribution is 2.41. The smallest absolute Gasteiger partial charge is 0.255 e. The van der Waals surface area contributed by atoms with Gasteiger partial charge in [-0.1, -0.05) is 71.7 Å². The Kier molecular flexibility index (Phi) is 6.02. The van der Waals surface area contributed by atoms with E-state index in [9.17, 15) is 4.79 Å². The fourth-order valence-electron chi connectivity index (χ4n) is 5.27. The number of carbonyl (C=O) groups excluding carboxylic acids is 1. The first-order valence-corrected chi connectivity index (χ1v) is 12.7. The zero-order valence-corrected chi connectivity index (χ0v) is 20.9. The summed E-state index contributed by atoms with van der Waals surface area (Å²) in [7, 11) is 0. The molecule has 1 aromatic heterocycles. The summed E-state index contributed by atoms with van der Waals surface area (Å²) in [5.41, 5.74) is 7.17. The Morgan fingerprint density at radius 3 is 2.50 bits per heavy atom. The number of rotatable bonds is 4. The average Bonchev–Trinajstić information content (AvgIpc) is 3.29. The molecule has 0 saturated carbocycles. The number of amides is 1. The van der Waals surface area contributed by atoms with Crippen LogP contribution in [0, 0.1) is 0 Å². The zero-order valence-electron chi connectivity index (χ0n) is 19.3. The van der Waals surface area contributed by atoms with Gasteiger partial charge in [0.25, 0.3) is 5.91 Å². The van der Waals surface area contributed by atoms with Crippen molar-refractivity contribution in [3.05, 3.63) is 135 Å². The summed E-state index contributed by atoms with van der Waals surface area (Å²) in [6.45, 7) is 0.866. The molecule has 0 aliphatic carbocycles. The lowest BCUT2D eigenvalue weighted by atomic mass is 9.83. The standard InChI is InChI=1S/C30H23Cl2N3O/c31-20-14-12-18(13-15-20)30(36)34-21-7-5-6-19(16-21)28-29-27(23-9-2-4-11-26(23)35-29)24(17-33-28)22-8-1-3-10-25(22)32/h1-16,24,28,33,35H,17H2,(H,34,36)/p+1/t24-,28-/m0/s1. The second-order valence-corrected chi connectivity index (χ2v) is 9.95. The van der Waals surface area contributed by atoms with Crippen LogP contribution in [0.3, 0.4) is 0 Å². The van der Waals surface area contributed by atoms with Crippen LogP contribution in [0.2, 0.25) is 10.0 Å². The van der Waals surface area contributed by atoms with Crippen molar-refractivity contribution >= 4 is 45.7 Å². The molecule has 4 aromatic carbocycles. The number of hydrogen-bond acceptors (Lipinski definition) is 1. The summed E-state index contributed by atoms with van der Waals surface area (Å²) in [5.74, 6) is 0.00964. The first-order chi connectivity index (χ1) is 17.6. The van der Waals surface area contributed by atoms with Crippen molar-refractivity contribution in [2.75, 3.05) is 11.9 Å². The summed E-state index contributed by atoms with van der Waals surface area (Å²) >= 11 is 12.6. The number of benzene rings is 4. The van der Waals surface area contributed by atoms with E-state index in [0.29, 0.717) is 10.6 Å². The molecular formula is C30H24Cl2N3O+. The van der Waals surface area contributed by atoms with Gasteiger partial charge >= 0.3 is 0 Å². The molecule has 0 unspecified atom stereocenters. The molecule has 178 valence electrons. The summed E-state index contributed by atoms with van der Waals surface area (Å²) in [6.07, 6.45) is 0. The maximum atomic E-state index is 12.8. The van der Waals surface area contributed by atoms with E-state index in [4.69, 9.17) is 23.2 Å². The minimum atomic E-state index is -0.165. The zero-order chi connectivity index (χ0) is 24.6. The van der Waals surface area contributed by atoms with Crippen LogP contribution in [0.4, 0.5) is 5.69 Å². The number of carbonyl (C=O) groups is 1. The molecule has 6 heteroatoms. The first kappa shape index (κ1) is 22.9. The van der Waals surface area contributed by atoms with Gasteiger partial charge in [0.1, 0.15) is 0 Å². The minimum absolute atomic E-state index is 0.0681. The Labute approximate surface area is 219 Å². The van der Waals surface area contributed by atoms with Crippen molar-refractivity contribution < 1.29 is 10.1 Å². The van der Waals surface area contributed by atoms with Crippen molar-refractivity contribution in [3.63, 3.8) is 0 Å². The van der Waals surface area contributed by atoms with Gasteiger partial charge in [-0.05, 0) is 54.1 Å². The first-order valence-electron chi connectivity index (χ1n) is 11.9. The number of para-hydroxylation sites is 1. The molecule has 0 spiro atoms. The minimum Gasteiger partial charge on any atom is -0.353 e. The summed E-state index contributed by atoms with van der Waals surface area (Å²) < 4.78 is 0. The van der Waals surface area contributed by atoms with Crippen LogP contribution in [0.25, 0.3) is 10.9 Å². The van der Waals surface area contributed by atoms with Gasteiger partial charge < -0.3 is 15.6 Å². The molecular weight excluding hydrogens is 489 g/mol. The highest BCUT2D eigenvalue weighted by molar-refractivity contribution is 6.31. The van der Waals surface area contributed by atoms with E-state index < -0.39 is 0 Å². The van der Waals surface area contributed by atoms with E-state index in [-0.39, 0.29) is 17.9 Å². The predicted octanol–water partition coefficient (Wildman–Crippen LogP) is 6.53. The van der Waals surface area contributed by atoms with Gasteiger partial charge in [0.2, 0.25) is 0 Å². The van der Waals surface area contributed by atoms with E-state index >= 15 is 0 Å². The Morgan fingerprint density at radius 1 is 0.889 bits per heavy atom. The number of nitrogens with two attached hydrogens (primary N) is 1. The van der Waals surface area contributed by atoms with Gasteiger partial charge in [0.15, 0.2) is 6.04 Å². The van der Waals surface area contributed by atoms with Crippen LogP contribution in [0.1, 0.15) is 44.7 Å². The molecule has 36 heavy (non-hydrogen) atoms. The van der Waals surface area contributed by atoms with Crippen molar-refractivity contribution in [2.24, 2.45) is 0 Å². The average molecular weight is 513 g/mol. The Balaban J connectivity index is 1.38. The summed E-state index contributed by atoms with van der Waals surface area (Å²) in [4.78, 5) is 16.5. The lowest BCUT2D eigenvalue weighted by Crippen LogP contribution is -2.88. The van der Waals surface area contributed by atoms with Crippen LogP contribution < -0.4 is 10.6 Å². The van der Waals surface area contributed by atoms with Gasteiger partial charge in [-0.3, -0.25) is 4.79 Å². The van der Waals surface area contributed by atoms with E-state index in [0.717, 1.165) is 33.9 Å². The van der Waals surface area contributed by atoms with Gasteiger partial charge in [-0.15, -0.1) is 0 Å². The predicted molar refractivity (Wildman–Crippen MR) is 146 cm³/mol. The SMILES string of the molecule is O=C(Nc1cccc([C@@H]2[NH2+]C[C@@H](c3ccccc3Cl)c3c2[nH]c2ccccc32)c1)c1ccc(Cl)cc1. The van der Waals surface area contributed by atoms with Gasteiger partial charge in [-0.25, -0.2) is 0 Å². The second-order valence-electron chi connectivity index (χ2n) is 9.11. The molecule has 5 aromatic rings. The summed E-state index contributed by atoms with van der Waals surface area (Å²) in [5, 5.41) is 8.00. The van der Waals surface area contributed by atoms with Crippen molar-refractivity contribution in [1.29, 1.82) is 0 Å². The molecule has 0 radical (unpaired) electrons. The number of aromatic nitrogens is 1. The highest BCUT2D eigenvalue weighted by atomic mass is 35.5. The second kappa shape index (κ2) is 9.47. The van der Waals surface area contributed by atoms with Gasteiger partial charge in [0, 0.05) is 43.3 Å². The van der Waals surface area contributed by atoms with Crippen molar-refractivity contribution in [3.8, 4) is 0 Å². The van der Waals surface area contributed by atoms with E-state index in [2.05, 4.69) is 64.1 Å². The fraction of sp³-hybridized carbons (Fsp3) is 0.100. The third kappa shape index (κ3) is 4.18. The Hall–Kier alpha value is -3.57. The third-order valence-corrected chi connectivity index (χ3v) is 7.53. The molecule has 0 bridgehead atoms. The monoisotopic (exact) mass is 512 g/mol. The van der Waals surface area contributed by atoms with E-state index in [1.807, 2.05) is 24.3 Å². The lowest BCUT2D eigenvalue weighted by Gasteiger charge is -2.29. The van der Waals surface area contributed by atoms with Crippen LogP contribution in [-0.2, 0) is 0 Å². The number of nitrogens with one attached hydrogen (secondary N) is 2. The normalized spacial score (nSPS) is 17.1. The van der Waals surface area contributed by atoms with Crippen LogP contribution >= 0.6 is 23.2 Å². The number of quaternary nitrogens is 1. The van der Waals surface area contributed by atoms with Gasteiger partial charge in [0.05, 0.1) is 18.2 Å². The molecule has 0 saturated heterocycles. The van der Waals surface area contributed by atoms with E-state index in [1.165, 1.54) is 16.6 Å². The van der Waals surface area contributed by atoms with E-state index in [1.54, 1.807) is 24.3 Å². The van der Waals surface area contributed by atoms with Crippen molar-refractivity contribution in [1.82, 2.24) is 4.98 Å². The number of anilines is 1. The molecule has 1 amide bonds.